The smallest absolute Gasteiger partial charge is 0.321 e. The van der Waals surface area contributed by atoms with Crippen LogP contribution in [0.25, 0.3) is 0 Å². The summed E-state index contributed by atoms with van der Waals surface area (Å²) in [4.78, 5) is 19.9. The minimum atomic E-state index is -1.21. The number of hydrogen-bond donors (Lipinski definition) is 3. The zero-order valence-corrected chi connectivity index (χ0v) is 18.5. The van der Waals surface area contributed by atoms with Crippen LogP contribution in [0.1, 0.15) is 85.5 Å². The van der Waals surface area contributed by atoms with Crippen molar-refractivity contribution in [3.8, 4) is 0 Å². The van der Waals surface area contributed by atoms with Crippen LogP contribution in [0.4, 0.5) is 0 Å². The highest BCUT2D eigenvalue weighted by molar-refractivity contribution is 7.75. The maximum Gasteiger partial charge on any atom is 0.321 e. The highest BCUT2D eigenvalue weighted by Crippen LogP contribution is 2.61. The first-order chi connectivity index (χ1) is 12.3. The molecule has 0 spiro atoms. The molecule has 0 saturated carbocycles. The van der Waals surface area contributed by atoms with Gasteiger partial charge in [0.25, 0.3) is 0 Å². The van der Waals surface area contributed by atoms with Gasteiger partial charge in [-0.3, -0.25) is 9.59 Å². The number of amides is 1. The topological polar surface area (TPSA) is 106 Å². The van der Waals surface area contributed by atoms with Gasteiger partial charge in [0.15, 0.2) is 0 Å². The van der Waals surface area contributed by atoms with E-state index >= 15 is 0 Å². The molecule has 5 N–H and O–H groups in total. The summed E-state index contributed by atoms with van der Waals surface area (Å²) in [5.74, 6) is -1.92. The number of aliphatic carboxylic acids is 1. The molecule has 0 saturated heterocycles. The van der Waals surface area contributed by atoms with Gasteiger partial charge < -0.3 is 16.6 Å². The van der Waals surface area contributed by atoms with Gasteiger partial charge in [-0.1, -0.05) is 53.4 Å². The third kappa shape index (κ3) is 15.6. The summed E-state index contributed by atoms with van der Waals surface area (Å²) in [5, 5.41) is 8.10. The molecule has 6 heteroatoms. The first kappa shape index (κ1) is 27.5. The molecule has 5 nitrogen and oxygen atoms in total. The molecule has 0 rings (SSSR count). The number of carbonyl (C=O) groups is 2. The fourth-order valence-electron chi connectivity index (χ4n) is 2.95. The molecule has 0 bridgehead atoms. The van der Waals surface area contributed by atoms with Crippen molar-refractivity contribution in [1.82, 2.24) is 0 Å². The van der Waals surface area contributed by atoms with Crippen LogP contribution in [0.15, 0.2) is 0 Å². The van der Waals surface area contributed by atoms with E-state index in [1.54, 1.807) is 24.6 Å². The van der Waals surface area contributed by atoms with Crippen molar-refractivity contribution in [2.75, 3.05) is 24.6 Å². The van der Waals surface area contributed by atoms with Crippen LogP contribution in [0, 0.1) is 0 Å². The Morgan fingerprint density at radius 3 is 1.27 bits per heavy atom. The van der Waals surface area contributed by atoms with Gasteiger partial charge in [-0.05, 0) is 50.3 Å². The Morgan fingerprint density at radius 2 is 1.12 bits per heavy atom. The van der Waals surface area contributed by atoms with E-state index in [4.69, 9.17) is 10.8 Å². The van der Waals surface area contributed by atoms with E-state index in [2.05, 4.69) is 33.4 Å². The van der Waals surface area contributed by atoms with Gasteiger partial charge in [0.1, 0.15) is 6.04 Å². The van der Waals surface area contributed by atoms with Crippen LogP contribution in [0.2, 0.25) is 0 Å². The third-order valence-electron chi connectivity index (χ3n) is 4.68. The lowest BCUT2D eigenvalue weighted by Gasteiger charge is -2.37. The van der Waals surface area contributed by atoms with Gasteiger partial charge in [0, 0.05) is 0 Å². The van der Waals surface area contributed by atoms with Crippen molar-refractivity contribution in [1.29, 1.82) is 0 Å². The molecular formula is C20H44N2O3P. The number of carboxylic acid groups (broad SMARTS) is 1. The molecule has 1 radical (unpaired) electrons. The molecule has 0 aromatic heterocycles. The monoisotopic (exact) mass is 391 g/mol. The van der Waals surface area contributed by atoms with E-state index in [0.717, 1.165) is 0 Å². The van der Waals surface area contributed by atoms with E-state index < -0.39 is 25.2 Å². The summed E-state index contributed by atoms with van der Waals surface area (Å²) < 4.78 is 0. The Kier molecular flexibility index (Phi) is 18.8. The first-order valence-electron chi connectivity index (χ1n) is 10.4. The zero-order valence-electron chi connectivity index (χ0n) is 17.6. The Balaban J connectivity index is 0. The van der Waals surface area contributed by atoms with E-state index in [9.17, 15) is 9.59 Å². The predicted molar refractivity (Wildman–Crippen MR) is 115 cm³/mol. The lowest BCUT2D eigenvalue weighted by molar-refractivity contribution is -0.140. The van der Waals surface area contributed by atoms with Crippen LogP contribution in [-0.2, 0) is 9.59 Å². The Bertz CT molecular complexity index is 327. The normalized spacial score (nSPS) is 12.2. The van der Waals surface area contributed by atoms with Crippen molar-refractivity contribution in [2.45, 2.75) is 91.5 Å². The predicted octanol–water partition coefficient (Wildman–Crippen LogP) is 4.48. The van der Waals surface area contributed by atoms with Gasteiger partial charge in [-0.15, -0.1) is 7.26 Å². The SMILES string of the molecule is CCCC[P](CCCC)(CCCC)CCCC.NC(=O)CC(N)C(=O)O. The fraction of sp³-hybridized carbons (Fsp3) is 0.900. The minimum absolute atomic E-state index is 0.310. The van der Waals surface area contributed by atoms with Crippen LogP contribution < -0.4 is 11.5 Å². The number of unbranched alkanes of at least 4 members (excludes halogenated alkanes) is 4. The highest BCUT2D eigenvalue weighted by Gasteiger charge is 2.24. The molecule has 0 aliphatic carbocycles. The van der Waals surface area contributed by atoms with Crippen molar-refractivity contribution >= 4 is 19.1 Å². The quantitative estimate of drug-likeness (QED) is 0.358. The molecule has 0 heterocycles. The average Bonchev–Trinajstić information content (AvgIpc) is 2.60. The van der Waals surface area contributed by atoms with E-state index in [1.807, 2.05) is 0 Å². The number of hydrogen-bond acceptors (Lipinski definition) is 3. The van der Waals surface area contributed by atoms with E-state index in [1.165, 1.54) is 51.4 Å². The lowest BCUT2D eigenvalue weighted by Crippen LogP contribution is -2.34. The Hall–Kier alpha value is -0.670. The van der Waals surface area contributed by atoms with Crippen LogP contribution in [-0.4, -0.2) is 47.7 Å². The maximum absolute atomic E-state index is 9.99. The summed E-state index contributed by atoms with van der Waals surface area (Å²) in [7, 11) is -0.562. The fourth-order valence-corrected chi connectivity index (χ4v) is 8.24. The van der Waals surface area contributed by atoms with Gasteiger partial charge in [0.05, 0.1) is 6.42 Å². The average molecular weight is 392 g/mol. The molecule has 1 atom stereocenters. The number of nitrogens with two attached hydrogens (primary N) is 2. The molecule has 26 heavy (non-hydrogen) atoms. The summed E-state index contributed by atoms with van der Waals surface area (Å²) in [6, 6.07) is -1.16. The minimum Gasteiger partial charge on any atom is -0.480 e. The molecule has 0 aromatic rings. The molecule has 1 unspecified atom stereocenters. The molecule has 0 aliphatic heterocycles. The van der Waals surface area contributed by atoms with Gasteiger partial charge in [-0.2, -0.15) is 0 Å². The molecule has 0 aliphatic rings. The number of carbonyl (C=O) groups excluding carboxylic acids is 1. The van der Waals surface area contributed by atoms with E-state index in [0.29, 0.717) is 0 Å². The summed E-state index contributed by atoms with van der Waals surface area (Å²) in [6.07, 6.45) is 17.6. The molecule has 1 amide bonds. The van der Waals surface area contributed by atoms with Gasteiger partial charge in [-0.25, -0.2) is 0 Å². The number of carboxylic acids is 1. The standard InChI is InChI=1S/C16H36P.C4H8N2O3/c1-5-9-13-17(14-10-6-2,15-11-7-3)16-12-8-4;5-2(4(8)9)1-3(6)7/h5-16H2,1-4H3;2H,1,5H2,(H2,6,7)(H,8,9). The molecule has 157 valence electrons. The molecular weight excluding hydrogens is 347 g/mol. The second kappa shape index (κ2) is 17.7. The number of rotatable bonds is 15. The van der Waals surface area contributed by atoms with Gasteiger partial charge in [0.2, 0.25) is 5.91 Å². The van der Waals surface area contributed by atoms with E-state index in [-0.39, 0.29) is 6.42 Å². The van der Waals surface area contributed by atoms with Crippen LogP contribution in [0.5, 0.6) is 0 Å². The second-order valence-electron chi connectivity index (χ2n) is 7.27. The van der Waals surface area contributed by atoms with Gasteiger partial charge >= 0.3 is 5.97 Å². The number of primary amides is 1. The Labute approximate surface area is 162 Å². The largest absolute Gasteiger partial charge is 0.480 e. The third-order valence-corrected chi connectivity index (χ3v) is 9.74. The molecule has 0 fully saturated rings. The van der Waals surface area contributed by atoms with Crippen LogP contribution >= 0.6 is 7.26 Å². The first-order valence-corrected chi connectivity index (χ1v) is 12.9. The maximum atomic E-state index is 9.99. The second-order valence-corrected chi connectivity index (χ2v) is 11.7. The van der Waals surface area contributed by atoms with Crippen molar-refractivity contribution in [3.05, 3.63) is 0 Å². The highest BCUT2D eigenvalue weighted by atomic mass is 31.2. The zero-order chi connectivity index (χ0) is 20.4. The summed E-state index contributed by atoms with van der Waals surface area (Å²) in [6.45, 7) is 9.42. The summed E-state index contributed by atoms with van der Waals surface area (Å²) in [5.41, 5.74) is 9.57. The van der Waals surface area contributed by atoms with Crippen molar-refractivity contribution in [2.24, 2.45) is 11.5 Å². The van der Waals surface area contributed by atoms with Crippen molar-refractivity contribution < 1.29 is 14.7 Å². The lowest BCUT2D eigenvalue weighted by atomic mass is 10.2. The Morgan fingerprint density at radius 1 is 0.808 bits per heavy atom. The summed E-state index contributed by atoms with van der Waals surface area (Å²) >= 11 is 0. The molecule has 0 aromatic carbocycles. The van der Waals surface area contributed by atoms with Crippen LogP contribution in [0.3, 0.4) is 0 Å². The van der Waals surface area contributed by atoms with Crippen molar-refractivity contribution in [3.63, 3.8) is 0 Å².